The van der Waals surface area contributed by atoms with Gasteiger partial charge in [-0.3, -0.25) is 4.98 Å². The smallest absolute Gasteiger partial charge is 0.138 e. The van der Waals surface area contributed by atoms with E-state index in [1.54, 1.807) is 6.20 Å². The molecule has 2 aromatic heterocycles. The molecule has 0 atom stereocenters. The monoisotopic (exact) mass is 233 g/mol. The van der Waals surface area contributed by atoms with Gasteiger partial charge >= 0.3 is 0 Å². The van der Waals surface area contributed by atoms with Crippen LogP contribution in [0.4, 0.5) is 0 Å². The number of nitrogens with zero attached hydrogens (tertiary/aromatic N) is 2. The summed E-state index contributed by atoms with van der Waals surface area (Å²) in [4.78, 5) is 4.25. The van der Waals surface area contributed by atoms with E-state index in [0.717, 1.165) is 29.4 Å². The van der Waals surface area contributed by atoms with Crippen molar-refractivity contribution in [3.63, 3.8) is 0 Å². The van der Waals surface area contributed by atoms with Crippen LogP contribution < -0.4 is 10.1 Å². The van der Waals surface area contributed by atoms with Crippen LogP contribution in [0.15, 0.2) is 28.9 Å². The summed E-state index contributed by atoms with van der Waals surface area (Å²) in [5, 5.41) is 6.89. The Morgan fingerprint density at radius 2 is 2.24 bits per heavy atom. The van der Waals surface area contributed by atoms with Gasteiger partial charge in [0.2, 0.25) is 0 Å². The lowest BCUT2D eigenvalue weighted by atomic mass is 10.3. The molecule has 5 heteroatoms. The number of aromatic nitrogens is 2. The second kappa shape index (κ2) is 5.45. The van der Waals surface area contributed by atoms with Crippen molar-refractivity contribution < 1.29 is 9.26 Å². The van der Waals surface area contributed by atoms with Crippen LogP contribution in [0.2, 0.25) is 0 Å². The molecule has 1 N–H and O–H groups in total. The quantitative estimate of drug-likeness (QED) is 0.851. The largest absolute Gasteiger partial charge is 0.486 e. The van der Waals surface area contributed by atoms with Crippen LogP contribution >= 0.6 is 0 Å². The molecule has 2 heterocycles. The summed E-state index contributed by atoms with van der Waals surface area (Å²) in [7, 11) is 1.89. The molecule has 0 aliphatic carbocycles. The van der Waals surface area contributed by atoms with Crippen molar-refractivity contribution in [2.24, 2.45) is 0 Å². The van der Waals surface area contributed by atoms with Crippen molar-refractivity contribution in [3.8, 4) is 5.75 Å². The molecule has 0 aromatic carbocycles. The summed E-state index contributed by atoms with van der Waals surface area (Å²) in [5.41, 5.74) is 1.76. The van der Waals surface area contributed by atoms with E-state index in [0.29, 0.717) is 6.61 Å². The maximum Gasteiger partial charge on any atom is 0.138 e. The second-order valence-electron chi connectivity index (χ2n) is 3.73. The Balaban J connectivity index is 1.90. The molecule has 0 bridgehead atoms. The first-order valence-corrected chi connectivity index (χ1v) is 5.42. The third-order valence-electron chi connectivity index (χ3n) is 2.22. The minimum absolute atomic E-state index is 0.393. The van der Waals surface area contributed by atoms with Crippen LogP contribution in [0.1, 0.15) is 17.1 Å². The number of hydrogen-bond donors (Lipinski definition) is 1. The summed E-state index contributed by atoms with van der Waals surface area (Å²) >= 11 is 0. The summed E-state index contributed by atoms with van der Waals surface area (Å²) < 4.78 is 10.5. The Bertz CT molecular complexity index is 465. The molecule has 2 aromatic rings. The van der Waals surface area contributed by atoms with Crippen LogP contribution in [-0.2, 0) is 13.2 Å². The predicted octanol–water partition coefficient (Wildman–Crippen LogP) is 1.68. The van der Waals surface area contributed by atoms with E-state index in [1.807, 2.05) is 32.2 Å². The zero-order valence-corrected chi connectivity index (χ0v) is 9.93. The Labute approximate surface area is 99.8 Å². The van der Waals surface area contributed by atoms with Crippen molar-refractivity contribution in [3.05, 3.63) is 41.5 Å². The zero-order chi connectivity index (χ0) is 12.1. The molecule has 0 fully saturated rings. The lowest BCUT2D eigenvalue weighted by Crippen LogP contribution is -2.06. The summed E-state index contributed by atoms with van der Waals surface area (Å²) in [6.45, 7) is 3.00. The van der Waals surface area contributed by atoms with Gasteiger partial charge in [0.25, 0.3) is 0 Å². The topological polar surface area (TPSA) is 60.2 Å². The number of aryl methyl sites for hydroxylation is 1. The Kier molecular flexibility index (Phi) is 3.72. The highest BCUT2D eigenvalue weighted by atomic mass is 16.5. The van der Waals surface area contributed by atoms with Crippen molar-refractivity contribution in [2.75, 3.05) is 7.05 Å². The molecule has 0 unspecified atom stereocenters. The maximum atomic E-state index is 5.53. The molecule has 5 nitrogen and oxygen atoms in total. The fraction of sp³-hybridized carbons (Fsp3) is 0.333. The molecule has 0 spiro atoms. The minimum atomic E-state index is 0.393. The predicted molar refractivity (Wildman–Crippen MR) is 62.6 cm³/mol. The summed E-state index contributed by atoms with van der Waals surface area (Å²) in [6.07, 6.45) is 1.71. The van der Waals surface area contributed by atoms with Crippen LogP contribution in [-0.4, -0.2) is 17.2 Å². The van der Waals surface area contributed by atoms with Gasteiger partial charge < -0.3 is 14.6 Å². The van der Waals surface area contributed by atoms with Gasteiger partial charge in [-0.2, -0.15) is 0 Å². The van der Waals surface area contributed by atoms with E-state index < -0.39 is 0 Å². The first-order valence-electron chi connectivity index (χ1n) is 5.42. The maximum absolute atomic E-state index is 5.53. The zero-order valence-electron chi connectivity index (χ0n) is 9.93. The molecular weight excluding hydrogens is 218 g/mol. The molecule has 2 rings (SSSR count). The van der Waals surface area contributed by atoms with E-state index in [-0.39, 0.29) is 0 Å². The number of hydrogen-bond acceptors (Lipinski definition) is 5. The van der Waals surface area contributed by atoms with Gasteiger partial charge in [-0.25, -0.2) is 0 Å². The van der Waals surface area contributed by atoms with Gasteiger partial charge in [0.1, 0.15) is 23.8 Å². The van der Waals surface area contributed by atoms with Crippen LogP contribution in [0.5, 0.6) is 5.75 Å². The van der Waals surface area contributed by atoms with E-state index in [9.17, 15) is 0 Å². The van der Waals surface area contributed by atoms with Crippen molar-refractivity contribution in [1.82, 2.24) is 15.5 Å². The first-order chi connectivity index (χ1) is 8.28. The molecule has 0 aliphatic heterocycles. The second-order valence-corrected chi connectivity index (χ2v) is 3.73. The average molecular weight is 233 g/mol. The molecule has 17 heavy (non-hydrogen) atoms. The van der Waals surface area contributed by atoms with E-state index in [1.165, 1.54) is 0 Å². The molecule has 0 saturated heterocycles. The minimum Gasteiger partial charge on any atom is -0.486 e. The number of rotatable bonds is 5. The van der Waals surface area contributed by atoms with Gasteiger partial charge in [0.15, 0.2) is 0 Å². The fourth-order valence-corrected chi connectivity index (χ4v) is 1.43. The van der Waals surface area contributed by atoms with Gasteiger partial charge in [0, 0.05) is 12.6 Å². The molecular formula is C12H15N3O2. The van der Waals surface area contributed by atoms with Gasteiger partial charge in [-0.1, -0.05) is 5.16 Å². The third kappa shape index (κ3) is 3.29. The van der Waals surface area contributed by atoms with Gasteiger partial charge in [-0.15, -0.1) is 0 Å². The molecule has 0 amide bonds. The van der Waals surface area contributed by atoms with E-state index in [2.05, 4.69) is 15.5 Å². The fourth-order valence-electron chi connectivity index (χ4n) is 1.43. The molecule has 0 radical (unpaired) electrons. The summed E-state index contributed by atoms with van der Waals surface area (Å²) in [5.74, 6) is 1.51. The van der Waals surface area contributed by atoms with Crippen molar-refractivity contribution in [2.45, 2.75) is 20.1 Å². The normalized spacial score (nSPS) is 10.5. The number of ether oxygens (including phenoxy) is 1. The molecule has 0 saturated carbocycles. The van der Waals surface area contributed by atoms with E-state index in [4.69, 9.17) is 9.26 Å². The Morgan fingerprint density at radius 3 is 2.82 bits per heavy atom. The van der Waals surface area contributed by atoms with Crippen LogP contribution in [0.3, 0.4) is 0 Å². The standard InChI is InChI=1S/C12H15N3O2/c1-9-5-11(15-17-9)8-16-12-4-3-10(6-13-2)14-7-12/h3-5,7,13H,6,8H2,1-2H3. The SMILES string of the molecule is CNCc1ccc(OCc2cc(C)on2)cn1. The lowest BCUT2D eigenvalue weighted by Gasteiger charge is -2.04. The van der Waals surface area contributed by atoms with E-state index >= 15 is 0 Å². The third-order valence-corrected chi connectivity index (χ3v) is 2.22. The first kappa shape index (κ1) is 11.6. The average Bonchev–Trinajstić information content (AvgIpc) is 2.75. The highest BCUT2D eigenvalue weighted by Gasteiger charge is 2.02. The van der Waals surface area contributed by atoms with Crippen molar-refractivity contribution >= 4 is 0 Å². The Hall–Kier alpha value is -1.88. The van der Waals surface area contributed by atoms with Crippen molar-refractivity contribution in [1.29, 1.82) is 0 Å². The number of nitrogens with one attached hydrogen (secondary N) is 1. The Morgan fingerprint density at radius 1 is 1.35 bits per heavy atom. The highest BCUT2D eigenvalue weighted by molar-refractivity contribution is 5.20. The van der Waals surface area contributed by atoms with Crippen LogP contribution in [0, 0.1) is 6.92 Å². The number of pyridine rings is 1. The van der Waals surface area contributed by atoms with Crippen LogP contribution in [0.25, 0.3) is 0 Å². The van der Waals surface area contributed by atoms with Gasteiger partial charge in [-0.05, 0) is 26.1 Å². The lowest BCUT2D eigenvalue weighted by molar-refractivity contribution is 0.286. The molecule has 0 aliphatic rings. The summed E-state index contributed by atoms with van der Waals surface area (Å²) in [6, 6.07) is 5.68. The van der Waals surface area contributed by atoms with Gasteiger partial charge in [0.05, 0.1) is 11.9 Å². The highest BCUT2D eigenvalue weighted by Crippen LogP contribution is 2.12. The molecule has 90 valence electrons.